The fraction of sp³-hybridized carbons (Fsp3) is 0.826. The molecule has 1 N–H and O–H groups in total. The van der Waals surface area contributed by atoms with E-state index in [9.17, 15) is 9.59 Å². The lowest BCUT2D eigenvalue weighted by Crippen LogP contribution is -2.18. The van der Waals surface area contributed by atoms with Crippen molar-refractivity contribution < 1.29 is 19.4 Å². The first-order valence-corrected chi connectivity index (χ1v) is 22.0. The van der Waals surface area contributed by atoms with Crippen LogP contribution in [0.3, 0.4) is 0 Å². The number of carboxylic acid groups (broad SMARTS) is 1. The van der Waals surface area contributed by atoms with Crippen LogP contribution < -0.4 is 0 Å². The van der Waals surface area contributed by atoms with Crippen LogP contribution in [0.5, 0.6) is 0 Å². The van der Waals surface area contributed by atoms with Crippen molar-refractivity contribution >= 4 is 11.9 Å². The molecule has 0 aliphatic heterocycles. The molecule has 0 aliphatic carbocycles. The Morgan fingerprint density at radius 3 is 1.30 bits per heavy atom. The maximum atomic E-state index is 12.7. The van der Waals surface area contributed by atoms with Crippen molar-refractivity contribution in [1.82, 2.24) is 0 Å². The van der Waals surface area contributed by atoms with Crippen molar-refractivity contribution in [1.29, 1.82) is 0 Å². The maximum Gasteiger partial charge on any atom is 0.306 e. The lowest BCUT2D eigenvalue weighted by Gasteiger charge is -2.18. The second-order valence-electron chi connectivity index (χ2n) is 14.9. The van der Waals surface area contributed by atoms with Gasteiger partial charge in [-0.25, -0.2) is 0 Å². The van der Waals surface area contributed by atoms with Crippen LogP contribution in [0.15, 0.2) is 36.5 Å². The van der Waals surface area contributed by atoms with Gasteiger partial charge in [-0.3, -0.25) is 9.59 Å². The van der Waals surface area contributed by atoms with Crippen LogP contribution in [0, 0.1) is 0 Å². The summed E-state index contributed by atoms with van der Waals surface area (Å²) in [5.41, 5.74) is 0. The lowest BCUT2D eigenvalue weighted by atomic mass is 10.0. The highest BCUT2D eigenvalue weighted by molar-refractivity contribution is 5.69. The molecular formula is C46H84O4. The third kappa shape index (κ3) is 40.6. The molecule has 4 heteroatoms. The van der Waals surface area contributed by atoms with E-state index in [1.807, 2.05) is 0 Å². The molecule has 0 aromatic heterocycles. The van der Waals surface area contributed by atoms with Gasteiger partial charge in [0, 0.05) is 12.8 Å². The number of carbonyl (C=O) groups is 2. The van der Waals surface area contributed by atoms with Gasteiger partial charge in [-0.1, -0.05) is 192 Å². The molecular weight excluding hydrogens is 617 g/mol. The second kappa shape index (κ2) is 41.6. The monoisotopic (exact) mass is 701 g/mol. The van der Waals surface area contributed by atoms with Crippen LogP contribution in [-0.4, -0.2) is 23.1 Å². The molecule has 0 radical (unpaired) electrons. The van der Waals surface area contributed by atoms with E-state index in [0.29, 0.717) is 6.42 Å². The first-order valence-electron chi connectivity index (χ1n) is 22.0. The van der Waals surface area contributed by atoms with Crippen molar-refractivity contribution in [2.45, 2.75) is 245 Å². The Labute approximate surface area is 311 Å². The normalized spacial score (nSPS) is 12.5. The Kier molecular flexibility index (Phi) is 40.0. The average Bonchev–Trinajstić information content (AvgIpc) is 3.10. The highest BCUT2D eigenvalue weighted by atomic mass is 16.5. The Balaban J connectivity index is 3.97. The van der Waals surface area contributed by atoms with E-state index in [1.54, 1.807) is 0 Å². The zero-order valence-corrected chi connectivity index (χ0v) is 33.5. The summed E-state index contributed by atoms with van der Waals surface area (Å²) in [4.78, 5) is 23.5. The summed E-state index contributed by atoms with van der Waals surface area (Å²) in [5.74, 6) is -0.699. The van der Waals surface area contributed by atoms with Crippen LogP contribution >= 0.6 is 0 Å². The number of hydrogen-bond acceptors (Lipinski definition) is 3. The van der Waals surface area contributed by atoms with Crippen LogP contribution in [0.1, 0.15) is 239 Å². The van der Waals surface area contributed by atoms with E-state index in [2.05, 4.69) is 50.3 Å². The second-order valence-corrected chi connectivity index (χ2v) is 14.9. The topological polar surface area (TPSA) is 63.6 Å². The predicted molar refractivity (Wildman–Crippen MR) is 218 cm³/mol. The highest BCUT2D eigenvalue weighted by Crippen LogP contribution is 2.19. The summed E-state index contributed by atoms with van der Waals surface area (Å²) in [7, 11) is 0. The van der Waals surface area contributed by atoms with Gasteiger partial charge < -0.3 is 9.84 Å². The molecule has 292 valence electrons. The Morgan fingerprint density at radius 1 is 0.460 bits per heavy atom. The zero-order valence-electron chi connectivity index (χ0n) is 33.5. The summed E-state index contributed by atoms with van der Waals surface area (Å²) in [6.45, 7) is 4.45. The van der Waals surface area contributed by atoms with Crippen LogP contribution in [0.4, 0.5) is 0 Å². The van der Waals surface area contributed by atoms with Crippen molar-refractivity contribution in [2.75, 3.05) is 0 Å². The molecule has 0 aromatic carbocycles. The smallest absolute Gasteiger partial charge is 0.306 e. The number of rotatable bonds is 40. The molecule has 0 fully saturated rings. The van der Waals surface area contributed by atoms with Crippen LogP contribution in [0.25, 0.3) is 0 Å². The largest absolute Gasteiger partial charge is 0.481 e. The predicted octanol–water partition coefficient (Wildman–Crippen LogP) is 15.3. The van der Waals surface area contributed by atoms with Gasteiger partial charge in [0.1, 0.15) is 6.10 Å². The van der Waals surface area contributed by atoms with Crippen molar-refractivity contribution in [3.8, 4) is 0 Å². The number of hydrogen-bond donors (Lipinski definition) is 1. The number of ether oxygens (including phenoxy) is 1. The summed E-state index contributed by atoms with van der Waals surface area (Å²) in [6.07, 6.45) is 54.6. The average molecular weight is 701 g/mol. The summed E-state index contributed by atoms with van der Waals surface area (Å²) in [5, 5.41) is 8.84. The van der Waals surface area contributed by atoms with Crippen molar-refractivity contribution in [3.63, 3.8) is 0 Å². The first kappa shape index (κ1) is 48.2. The maximum absolute atomic E-state index is 12.7. The van der Waals surface area contributed by atoms with E-state index in [4.69, 9.17) is 9.84 Å². The quantitative estimate of drug-likeness (QED) is 0.0393. The molecule has 0 aromatic rings. The molecule has 0 bridgehead atoms. The van der Waals surface area contributed by atoms with Crippen molar-refractivity contribution in [3.05, 3.63) is 36.5 Å². The fourth-order valence-corrected chi connectivity index (χ4v) is 6.67. The van der Waals surface area contributed by atoms with Gasteiger partial charge in [-0.05, 0) is 70.6 Å². The van der Waals surface area contributed by atoms with Gasteiger partial charge in [-0.15, -0.1) is 0 Å². The first-order chi connectivity index (χ1) is 24.6. The van der Waals surface area contributed by atoms with Gasteiger partial charge in [-0.2, -0.15) is 0 Å². The third-order valence-electron chi connectivity index (χ3n) is 9.88. The Bertz CT molecular complexity index is 798. The summed E-state index contributed by atoms with van der Waals surface area (Å²) >= 11 is 0. The number of unbranched alkanes of at least 4 members (excludes halogenated alkanes) is 25. The molecule has 1 unspecified atom stereocenters. The fourth-order valence-electron chi connectivity index (χ4n) is 6.67. The molecule has 0 spiro atoms. The SMILES string of the molecule is CC/C=C\C/C=C\C/C=C\CCCCCCCCCCCC(=O)OC(CCCCCCCCCCCCCCC)CCCCCCCC(=O)O. The van der Waals surface area contributed by atoms with Crippen LogP contribution in [0.2, 0.25) is 0 Å². The highest BCUT2D eigenvalue weighted by Gasteiger charge is 2.14. The number of allylic oxidation sites excluding steroid dienone is 6. The number of aliphatic carboxylic acids is 1. The molecule has 50 heavy (non-hydrogen) atoms. The lowest BCUT2D eigenvalue weighted by molar-refractivity contribution is -0.150. The molecule has 0 saturated heterocycles. The molecule has 1 atom stereocenters. The van der Waals surface area contributed by atoms with E-state index in [1.165, 1.54) is 128 Å². The molecule has 4 nitrogen and oxygen atoms in total. The minimum Gasteiger partial charge on any atom is -0.481 e. The van der Waals surface area contributed by atoms with E-state index in [0.717, 1.165) is 83.5 Å². The van der Waals surface area contributed by atoms with Gasteiger partial charge in [0.05, 0.1) is 0 Å². The van der Waals surface area contributed by atoms with Gasteiger partial charge >= 0.3 is 11.9 Å². The molecule has 0 aliphatic rings. The van der Waals surface area contributed by atoms with Gasteiger partial charge in [0.25, 0.3) is 0 Å². The molecule has 0 amide bonds. The number of carboxylic acids is 1. The van der Waals surface area contributed by atoms with E-state index >= 15 is 0 Å². The minimum absolute atomic E-state index is 0.000326. The van der Waals surface area contributed by atoms with Gasteiger partial charge in [0.15, 0.2) is 0 Å². The Hall–Kier alpha value is -1.84. The third-order valence-corrected chi connectivity index (χ3v) is 9.88. The van der Waals surface area contributed by atoms with Gasteiger partial charge in [0.2, 0.25) is 0 Å². The molecule has 0 heterocycles. The summed E-state index contributed by atoms with van der Waals surface area (Å²) < 4.78 is 6.03. The number of carbonyl (C=O) groups excluding carboxylic acids is 1. The molecule has 0 saturated carbocycles. The van der Waals surface area contributed by atoms with Crippen LogP contribution in [-0.2, 0) is 14.3 Å². The minimum atomic E-state index is -0.699. The molecule has 0 rings (SSSR count). The summed E-state index contributed by atoms with van der Waals surface area (Å²) in [6, 6.07) is 0. The number of esters is 1. The van der Waals surface area contributed by atoms with Crippen molar-refractivity contribution in [2.24, 2.45) is 0 Å². The standard InChI is InChI=1S/C46H84O4/c1-3-5-7-9-11-13-15-17-18-19-20-21-22-24-26-28-30-35-39-43-46(49)50-44(41-37-33-31-34-38-42-45(47)48)40-36-32-29-27-25-23-16-14-12-10-8-6-4-2/h5,7,11,13,17-18,44H,3-4,6,8-10,12,14-16,19-43H2,1-2H3,(H,47,48)/b7-5-,13-11-,18-17-. The van der Waals surface area contributed by atoms with E-state index < -0.39 is 5.97 Å². The Morgan fingerprint density at radius 2 is 0.840 bits per heavy atom. The zero-order chi connectivity index (χ0) is 36.4. The van der Waals surface area contributed by atoms with E-state index in [-0.39, 0.29) is 18.5 Å².